The summed E-state index contributed by atoms with van der Waals surface area (Å²) < 4.78 is 0. The molecule has 2 N–H and O–H groups in total. The second kappa shape index (κ2) is 2.12. The lowest BCUT2D eigenvalue weighted by atomic mass is 10.4. The average molecular weight is 90.1 g/mol. The third-order valence-electron chi connectivity index (χ3n) is 0.364. The molecule has 3 heteroatoms. The summed E-state index contributed by atoms with van der Waals surface area (Å²) >= 11 is 0. The Bertz CT molecular complexity index is 27.0. The molecule has 0 saturated carbocycles. The van der Waals surface area contributed by atoms with E-state index >= 15 is 0 Å². The topological polar surface area (TPSA) is 60.4 Å². The van der Waals surface area contributed by atoms with E-state index in [1.165, 1.54) is 0 Å². The standard InChI is InChI=1S/C3H6O3/c1-2(4)3(5)6/h2,5-6H,1H3. The lowest BCUT2D eigenvalue weighted by molar-refractivity contribution is -0.0441. The summed E-state index contributed by atoms with van der Waals surface area (Å²) in [6.07, 6.45) is -2.42. The summed E-state index contributed by atoms with van der Waals surface area (Å²) in [6.45, 7) is 1.15. The first-order valence-corrected chi connectivity index (χ1v) is 1.55. The molecule has 0 aliphatic heterocycles. The van der Waals surface area contributed by atoms with Crippen LogP contribution in [0.4, 0.5) is 0 Å². The fourth-order valence-electron chi connectivity index (χ4n) is 0. The van der Waals surface area contributed by atoms with Gasteiger partial charge in [0.25, 0.3) is 6.29 Å². The van der Waals surface area contributed by atoms with Gasteiger partial charge in [0.1, 0.15) is 6.10 Å². The van der Waals surface area contributed by atoms with Crippen molar-refractivity contribution in [1.82, 2.24) is 0 Å². The van der Waals surface area contributed by atoms with Gasteiger partial charge in [0, 0.05) is 0 Å². The van der Waals surface area contributed by atoms with Crippen molar-refractivity contribution in [2.24, 2.45) is 0 Å². The van der Waals surface area contributed by atoms with Crippen LogP contribution in [0.2, 0.25) is 0 Å². The molecule has 1 unspecified atom stereocenters. The predicted molar refractivity (Wildman–Crippen MR) is 17.3 cm³/mol. The minimum atomic E-state index is -1.37. The molecule has 0 spiro atoms. The van der Waals surface area contributed by atoms with Crippen molar-refractivity contribution in [2.75, 3.05) is 0 Å². The highest BCUT2D eigenvalue weighted by molar-refractivity contribution is 4.63. The highest BCUT2D eigenvalue weighted by Crippen LogP contribution is 1.92. The van der Waals surface area contributed by atoms with E-state index in [2.05, 4.69) is 0 Å². The van der Waals surface area contributed by atoms with Crippen LogP contribution in [0.15, 0.2) is 0 Å². The molecular weight excluding hydrogens is 84.0 g/mol. The third-order valence-corrected chi connectivity index (χ3v) is 0.364. The lowest BCUT2D eigenvalue weighted by Gasteiger charge is -1.97. The highest BCUT2D eigenvalue weighted by Gasteiger charge is 2.07. The molecule has 0 heterocycles. The molecule has 0 aliphatic rings. The Morgan fingerprint density at radius 2 is 1.83 bits per heavy atom. The van der Waals surface area contributed by atoms with Gasteiger partial charge < -0.3 is 10.2 Å². The molecular formula is C3H6O3. The van der Waals surface area contributed by atoms with Crippen molar-refractivity contribution in [3.8, 4) is 0 Å². The Labute approximate surface area is 35.9 Å². The summed E-state index contributed by atoms with van der Waals surface area (Å²) in [5.74, 6) is 0. The zero-order chi connectivity index (χ0) is 5.15. The van der Waals surface area contributed by atoms with Gasteiger partial charge in [0.2, 0.25) is 0 Å². The molecule has 36 valence electrons. The molecule has 2 radical (unpaired) electrons. The molecule has 0 fully saturated rings. The van der Waals surface area contributed by atoms with E-state index in [-0.39, 0.29) is 0 Å². The van der Waals surface area contributed by atoms with Crippen LogP contribution < -0.4 is 0 Å². The molecule has 1 atom stereocenters. The normalized spacial score (nSPS) is 15.5. The summed E-state index contributed by atoms with van der Waals surface area (Å²) in [7, 11) is 0. The van der Waals surface area contributed by atoms with E-state index in [9.17, 15) is 5.11 Å². The number of hydrogen-bond donors (Lipinski definition) is 2. The van der Waals surface area contributed by atoms with Gasteiger partial charge >= 0.3 is 0 Å². The molecule has 0 aliphatic carbocycles. The first kappa shape index (κ1) is 5.88. The third kappa shape index (κ3) is 2.14. The van der Waals surface area contributed by atoms with Crippen molar-refractivity contribution in [3.05, 3.63) is 6.29 Å². The molecule has 0 saturated heterocycles. The largest absolute Gasteiger partial charge is 0.359 e. The van der Waals surface area contributed by atoms with Crippen molar-refractivity contribution < 1.29 is 15.3 Å². The van der Waals surface area contributed by atoms with E-state index in [4.69, 9.17) is 10.2 Å². The van der Waals surface area contributed by atoms with Crippen molar-refractivity contribution in [3.63, 3.8) is 0 Å². The molecule has 0 aromatic heterocycles. The molecule has 0 rings (SSSR count). The minimum absolute atomic E-state index is 1.05. The maximum Gasteiger partial charge on any atom is 0.251 e. The Kier molecular flexibility index (Phi) is 2.08. The predicted octanol–water partition coefficient (Wildman–Crippen LogP) is 0.0399. The van der Waals surface area contributed by atoms with Gasteiger partial charge in [-0.15, -0.1) is 0 Å². The molecule has 6 heavy (non-hydrogen) atoms. The van der Waals surface area contributed by atoms with Crippen molar-refractivity contribution in [1.29, 1.82) is 0 Å². The van der Waals surface area contributed by atoms with Gasteiger partial charge in [-0.2, -0.15) is 0 Å². The second-order valence-electron chi connectivity index (χ2n) is 1.00. The van der Waals surface area contributed by atoms with E-state index in [1.54, 1.807) is 0 Å². The van der Waals surface area contributed by atoms with Crippen LogP contribution in [-0.2, 0) is 5.11 Å². The maximum absolute atomic E-state index is 9.69. The van der Waals surface area contributed by atoms with Gasteiger partial charge in [-0.3, -0.25) is 0 Å². The van der Waals surface area contributed by atoms with E-state index in [0.29, 0.717) is 0 Å². The molecule has 0 bridgehead atoms. The summed E-state index contributed by atoms with van der Waals surface area (Å²) in [4.78, 5) is 0. The zero-order valence-corrected chi connectivity index (χ0v) is 3.38. The van der Waals surface area contributed by atoms with Crippen LogP contribution >= 0.6 is 0 Å². The minimum Gasteiger partial charge on any atom is -0.359 e. The number of aliphatic hydroxyl groups excluding tert-OH is 1. The summed E-state index contributed by atoms with van der Waals surface area (Å²) in [5, 5.41) is 25.3. The quantitative estimate of drug-likeness (QED) is 0.477. The molecule has 3 nitrogen and oxygen atoms in total. The van der Waals surface area contributed by atoms with E-state index in [1.807, 2.05) is 0 Å². The second-order valence-corrected chi connectivity index (χ2v) is 1.00. The van der Waals surface area contributed by atoms with Crippen LogP contribution in [0, 0.1) is 6.29 Å². The first-order chi connectivity index (χ1) is 2.64. The molecule has 0 aromatic carbocycles. The van der Waals surface area contributed by atoms with Crippen LogP contribution in [0.25, 0.3) is 0 Å². The lowest BCUT2D eigenvalue weighted by Crippen LogP contribution is -2.09. The zero-order valence-electron chi connectivity index (χ0n) is 3.38. The fraction of sp³-hybridized carbons (Fsp3) is 0.667. The Morgan fingerprint density at radius 3 is 1.83 bits per heavy atom. The van der Waals surface area contributed by atoms with Crippen LogP contribution in [-0.4, -0.2) is 16.3 Å². The highest BCUT2D eigenvalue weighted by atomic mass is 16.5. The summed E-state index contributed by atoms with van der Waals surface area (Å²) in [6, 6.07) is 0. The molecule has 0 amide bonds. The number of aliphatic hydroxyl groups is 2. The summed E-state index contributed by atoms with van der Waals surface area (Å²) in [5.41, 5.74) is 0. The van der Waals surface area contributed by atoms with Crippen LogP contribution in [0.1, 0.15) is 6.92 Å². The molecule has 0 aromatic rings. The Balaban J connectivity index is 2.99. The van der Waals surface area contributed by atoms with E-state index < -0.39 is 12.4 Å². The number of hydrogen-bond acceptors (Lipinski definition) is 2. The van der Waals surface area contributed by atoms with Gasteiger partial charge in [-0.25, -0.2) is 5.11 Å². The fourth-order valence-corrected chi connectivity index (χ4v) is 0. The van der Waals surface area contributed by atoms with Crippen molar-refractivity contribution in [2.45, 2.75) is 13.0 Å². The average Bonchev–Trinajstić information content (AvgIpc) is 1.36. The van der Waals surface area contributed by atoms with Gasteiger partial charge in [0.05, 0.1) is 0 Å². The smallest absolute Gasteiger partial charge is 0.251 e. The van der Waals surface area contributed by atoms with Gasteiger partial charge in [-0.1, -0.05) is 0 Å². The van der Waals surface area contributed by atoms with Crippen LogP contribution in [0.3, 0.4) is 0 Å². The van der Waals surface area contributed by atoms with Gasteiger partial charge in [-0.05, 0) is 6.92 Å². The number of rotatable bonds is 1. The first-order valence-electron chi connectivity index (χ1n) is 1.55. The van der Waals surface area contributed by atoms with Crippen molar-refractivity contribution >= 4 is 0 Å². The monoisotopic (exact) mass is 90.0 g/mol. The SMILES string of the molecule is CC([O])[C](O)O. The van der Waals surface area contributed by atoms with Gasteiger partial charge in [0.15, 0.2) is 0 Å². The maximum atomic E-state index is 9.69. The Morgan fingerprint density at radius 1 is 1.67 bits per heavy atom. The van der Waals surface area contributed by atoms with E-state index in [0.717, 1.165) is 6.92 Å². The Hall–Kier alpha value is -0.120. The van der Waals surface area contributed by atoms with Crippen LogP contribution in [0.5, 0.6) is 0 Å².